The first-order chi connectivity index (χ1) is 20.3. The molecule has 0 radical (unpaired) electrons. The predicted molar refractivity (Wildman–Crippen MR) is 168 cm³/mol. The maximum atomic E-state index is 13.7. The zero-order valence-electron chi connectivity index (χ0n) is 24.0. The van der Waals surface area contributed by atoms with Crippen molar-refractivity contribution in [2.75, 3.05) is 61.5 Å². The molecular formula is C32H36FN5O3S. The van der Waals surface area contributed by atoms with Crippen LogP contribution in [0.25, 0.3) is 0 Å². The molecule has 1 N–H and O–H groups in total. The van der Waals surface area contributed by atoms with Gasteiger partial charge in [-0.25, -0.2) is 4.39 Å². The van der Waals surface area contributed by atoms with Gasteiger partial charge in [-0.1, -0.05) is 17.7 Å². The number of aryl methyl sites for hydroxylation is 1. The standard InChI is InChI=1S/C32H36FN5O3S/c1-23-4-10-27(11-5-23)38-31(40)29(22-30(39)34-25-8-14-28(41-2)15-9-25)37(32(38)42)17-3-16-35-18-20-36(21-19-35)26-12-6-24(33)7-13-26/h4-15,29H,3,16-22H2,1-2H3,(H,34,39). The number of anilines is 3. The van der Waals surface area contributed by atoms with E-state index >= 15 is 0 Å². The molecule has 2 aliphatic heterocycles. The molecule has 0 bridgehead atoms. The summed E-state index contributed by atoms with van der Waals surface area (Å²) in [5.41, 5.74) is 3.46. The monoisotopic (exact) mass is 589 g/mol. The van der Waals surface area contributed by atoms with Gasteiger partial charge in [0.2, 0.25) is 5.91 Å². The third kappa shape index (κ3) is 6.88. The fraction of sp³-hybridized carbons (Fsp3) is 0.344. The van der Waals surface area contributed by atoms with Gasteiger partial charge in [-0.05, 0) is 92.8 Å². The summed E-state index contributed by atoms with van der Waals surface area (Å²) in [6.45, 7) is 6.91. The summed E-state index contributed by atoms with van der Waals surface area (Å²) >= 11 is 5.83. The Hall–Kier alpha value is -4.02. The van der Waals surface area contributed by atoms with E-state index < -0.39 is 6.04 Å². The largest absolute Gasteiger partial charge is 0.497 e. The number of methoxy groups -OCH3 is 1. The smallest absolute Gasteiger partial charge is 0.256 e. The van der Waals surface area contributed by atoms with Gasteiger partial charge in [0, 0.05) is 44.1 Å². The van der Waals surface area contributed by atoms with Gasteiger partial charge in [-0.3, -0.25) is 19.4 Å². The van der Waals surface area contributed by atoms with E-state index in [0.717, 1.165) is 50.4 Å². The molecule has 220 valence electrons. The Morgan fingerprint density at radius 3 is 2.21 bits per heavy atom. The Morgan fingerprint density at radius 2 is 1.57 bits per heavy atom. The van der Waals surface area contributed by atoms with E-state index in [-0.39, 0.29) is 24.1 Å². The predicted octanol–water partition coefficient (Wildman–Crippen LogP) is 4.69. The van der Waals surface area contributed by atoms with Gasteiger partial charge in [0.25, 0.3) is 5.91 Å². The van der Waals surface area contributed by atoms with Crippen LogP contribution in [0.4, 0.5) is 21.5 Å². The highest BCUT2D eigenvalue weighted by atomic mass is 32.1. The summed E-state index contributed by atoms with van der Waals surface area (Å²) < 4.78 is 18.5. The highest BCUT2D eigenvalue weighted by Crippen LogP contribution is 2.28. The van der Waals surface area contributed by atoms with Crippen LogP contribution in [0.5, 0.6) is 5.75 Å². The van der Waals surface area contributed by atoms with Crippen molar-refractivity contribution in [1.82, 2.24) is 9.80 Å². The molecule has 0 aliphatic carbocycles. The summed E-state index contributed by atoms with van der Waals surface area (Å²) in [7, 11) is 1.59. The normalized spacial score (nSPS) is 17.6. The van der Waals surface area contributed by atoms with E-state index in [2.05, 4.69) is 15.1 Å². The Labute approximate surface area is 251 Å². The molecule has 5 rings (SSSR count). The van der Waals surface area contributed by atoms with Crippen molar-refractivity contribution in [2.45, 2.75) is 25.8 Å². The summed E-state index contributed by atoms with van der Waals surface area (Å²) in [6, 6.07) is 20.7. The van der Waals surface area contributed by atoms with Crippen LogP contribution >= 0.6 is 12.2 Å². The lowest BCUT2D eigenvalue weighted by atomic mass is 10.1. The van der Waals surface area contributed by atoms with Crippen LogP contribution in [0.15, 0.2) is 72.8 Å². The van der Waals surface area contributed by atoms with Gasteiger partial charge in [0.1, 0.15) is 17.6 Å². The molecule has 10 heteroatoms. The van der Waals surface area contributed by atoms with E-state index in [9.17, 15) is 14.0 Å². The fourth-order valence-corrected chi connectivity index (χ4v) is 5.84. The second-order valence-corrected chi connectivity index (χ2v) is 11.0. The Bertz CT molecular complexity index is 1390. The summed E-state index contributed by atoms with van der Waals surface area (Å²) in [4.78, 5) is 34.9. The average Bonchev–Trinajstić information content (AvgIpc) is 3.22. The number of nitrogens with zero attached hydrogens (tertiary/aromatic N) is 4. The van der Waals surface area contributed by atoms with Crippen molar-refractivity contribution in [3.05, 3.63) is 84.2 Å². The molecule has 2 aliphatic rings. The Kier molecular flexibility index (Phi) is 9.34. The number of benzene rings is 3. The number of thiocarbonyl (C=S) groups is 1. The fourth-order valence-electron chi connectivity index (χ4n) is 5.43. The third-order valence-electron chi connectivity index (χ3n) is 7.80. The second-order valence-electron chi connectivity index (χ2n) is 10.6. The summed E-state index contributed by atoms with van der Waals surface area (Å²) in [5, 5.41) is 3.32. The molecule has 2 heterocycles. The first-order valence-corrected chi connectivity index (χ1v) is 14.6. The second kappa shape index (κ2) is 13.3. The number of carbonyl (C=O) groups excluding carboxylic acids is 2. The average molecular weight is 590 g/mol. The minimum absolute atomic E-state index is 0.0102. The highest BCUT2D eigenvalue weighted by molar-refractivity contribution is 7.80. The molecule has 0 saturated carbocycles. The lowest BCUT2D eigenvalue weighted by Gasteiger charge is -2.36. The lowest BCUT2D eigenvalue weighted by Crippen LogP contribution is -2.47. The van der Waals surface area contributed by atoms with Crippen LogP contribution in [0.2, 0.25) is 0 Å². The first kappa shape index (κ1) is 29.5. The zero-order valence-corrected chi connectivity index (χ0v) is 24.8. The Balaban J connectivity index is 1.22. The van der Waals surface area contributed by atoms with Crippen LogP contribution < -0.4 is 19.9 Å². The minimum atomic E-state index is -0.688. The quantitative estimate of drug-likeness (QED) is 0.345. The van der Waals surface area contributed by atoms with Crippen molar-refractivity contribution >= 4 is 46.2 Å². The highest BCUT2D eigenvalue weighted by Gasteiger charge is 2.43. The van der Waals surface area contributed by atoms with Crippen LogP contribution in [-0.2, 0) is 9.59 Å². The van der Waals surface area contributed by atoms with E-state index in [0.29, 0.717) is 28.8 Å². The number of halogens is 1. The third-order valence-corrected chi connectivity index (χ3v) is 8.22. The van der Waals surface area contributed by atoms with Crippen molar-refractivity contribution in [1.29, 1.82) is 0 Å². The molecule has 42 heavy (non-hydrogen) atoms. The number of amides is 2. The molecule has 0 aromatic heterocycles. The van der Waals surface area contributed by atoms with Gasteiger partial charge in [0.15, 0.2) is 5.11 Å². The topological polar surface area (TPSA) is 68.4 Å². The van der Waals surface area contributed by atoms with E-state index in [4.69, 9.17) is 17.0 Å². The molecule has 3 aromatic rings. The van der Waals surface area contributed by atoms with Gasteiger partial charge in [-0.2, -0.15) is 0 Å². The molecule has 0 spiro atoms. The molecule has 3 aromatic carbocycles. The number of ether oxygens (including phenoxy) is 1. The van der Waals surface area contributed by atoms with Crippen molar-refractivity contribution < 1.29 is 18.7 Å². The van der Waals surface area contributed by atoms with Crippen LogP contribution in [0.3, 0.4) is 0 Å². The lowest BCUT2D eigenvalue weighted by molar-refractivity contribution is -0.124. The van der Waals surface area contributed by atoms with Crippen molar-refractivity contribution in [3.8, 4) is 5.75 Å². The van der Waals surface area contributed by atoms with Crippen LogP contribution in [0, 0.1) is 12.7 Å². The van der Waals surface area contributed by atoms with Gasteiger partial charge in [-0.15, -0.1) is 0 Å². The molecule has 1 atom stereocenters. The van der Waals surface area contributed by atoms with E-state index in [1.54, 1.807) is 36.3 Å². The molecular weight excluding hydrogens is 553 g/mol. The number of carbonyl (C=O) groups is 2. The van der Waals surface area contributed by atoms with Gasteiger partial charge in [0.05, 0.1) is 19.2 Å². The van der Waals surface area contributed by atoms with E-state index in [1.165, 1.54) is 12.1 Å². The van der Waals surface area contributed by atoms with Crippen LogP contribution in [-0.4, -0.2) is 79.1 Å². The number of nitrogens with one attached hydrogen (secondary N) is 1. The summed E-state index contributed by atoms with van der Waals surface area (Å²) in [6.07, 6.45) is 0.784. The minimum Gasteiger partial charge on any atom is -0.497 e. The molecule has 2 amide bonds. The molecule has 8 nitrogen and oxygen atoms in total. The maximum Gasteiger partial charge on any atom is 0.256 e. The molecule has 1 unspecified atom stereocenters. The number of piperazine rings is 1. The van der Waals surface area contributed by atoms with Crippen molar-refractivity contribution in [3.63, 3.8) is 0 Å². The number of rotatable bonds is 10. The SMILES string of the molecule is COc1ccc(NC(=O)CC2C(=O)N(c3ccc(C)cc3)C(=S)N2CCCN2CCN(c3ccc(F)cc3)CC2)cc1. The summed E-state index contributed by atoms with van der Waals surface area (Å²) in [5.74, 6) is 0.0184. The maximum absolute atomic E-state index is 13.7. The number of hydrogen-bond acceptors (Lipinski definition) is 6. The van der Waals surface area contributed by atoms with Gasteiger partial charge < -0.3 is 19.9 Å². The Morgan fingerprint density at radius 1 is 0.929 bits per heavy atom. The van der Waals surface area contributed by atoms with E-state index in [1.807, 2.05) is 48.2 Å². The van der Waals surface area contributed by atoms with Crippen LogP contribution in [0.1, 0.15) is 18.4 Å². The number of hydrogen-bond donors (Lipinski definition) is 1. The molecule has 2 fully saturated rings. The van der Waals surface area contributed by atoms with Crippen molar-refractivity contribution in [2.24, 2.45) is 0 Å². The first-order valence-electron chi connectivity index (χ1n) is 14.2. The van der Waals surface area contributed by atoms with Gasteiger partial charge >= 0.3 is 0 Å². The molecule has 2 saturated heterocycles. The zero-order chi connectivity index (χ0) is 29.6.